The van der Waals surface area contributed by atoms with Crippen molar-refractivity contribution in [3.8, 4) is 10.6 Å². The molecular formula is C21H25F3N4O2S. The van der Waals surface area contributed by atoms with Gasteiger partial charge in [0, 0.05) is 43.7 Å². The smallest absolute Gasteiger partial charge is 0.355 e. The second kappa shape index (κ2) is 10.2. The summed E-state index contributed by atoms with van der Waals surface area (Å²) in [6, 6.07) is 4.85. The fourth-order valence-corrected chi connectivity index (χ4v) is 4.09. The van der Waals surface area contributed by atoms with E-state index in [9.17, 15) is 22.8 Å². The van der Waals surface area contributed by atoms with E-state index in [0.29, 0.717) is 55.5 Å². The fraction of sp³-hybridized carbons (Fsp3) is 0.476. The third kappa shape index (κ3) is 6.51. The molecule has 2 heterocycles. The van der Waals surface area contributed by atoms with Gasteiger partial charge in [-0.2, -0.15) is 13.2 Å². The Kier molecular flexibility index (Phi) is 7.66. The van der Waals surface area contributed by atoms with Crippen LogP contribution in [0.3, 0.4) is 0 Å². The minimum atomic E-state index is -4.37. The van der Waals surface area contributed by atoms with Gasteiger partial charge in [0.15, 0.2) is 0 Å². The van der Waals surface area contributed by atoms with Crippen LogP contribution in [0.2, 0.25) is 0 Å². The van der Waals surface area contributed by atoms with Gasteiger partial charge >= 0.3 is 6.18 Å². The van der Waals surface area contributed by atoms with Crippen LogP contribution in [0.15, 0.2) is 29.6 Å². The maximum absolute atomic E-state index is 12.7. The van der Waals surface area contributed by atoms with Crippen molar-refractivity contribution < 1.29 is 22.8 Å². The summed E-state index contributed by atoms with van der Waals surface area (Å²) >= 11 is 1.30. The highest BCUT2D eigenvalue weighted by Crippen LogP contribution is 2.31. The number of carbonyl (C=O) groups excluding carboxylic acids is 2. The van der Waals surface area contributed by atoms with Crippen LogP contribution in [0.25, 0.3) is 10.6 Å². The molecule has 1 saturated heterocycles. The molecule has 0 atom stereocenters. The normalized spacial score (nSPS) is 15.2. The molecule has 0 saturated carbocycles. The number of nitrogens with zero attached hydrogens (tertiary/aromatic N) is 3. The third-order valence-electron chi connectivity index (χ3n) is 5.01. The number of hydrogen-bond acceptors (Lipinski definition) is 5. The van der Waals surface area contributed by atoms with E-state index in [1.54, 1.807) is 10.3 Å². The Labute approximate surface area is 183 Å². The summed E-state index contributed by atoms with van der Waals surface area (Å²) in [5.74, 6) is -0.0424. The summed E-state index contributed by atoms with van der Waals surface area (Å²) in [6.45, 7) is 5.38. The van der Waals surface area contributed by atoms with Gasteiger partial charge in [0.25, 0.3) is 0 Å². The van der Waals surface area contributed by atoms with Crippen molar-refractivity contribution in [3.63, 3.8) is 0 Å². The lowest BCUT2D eigenvalue weighted by atomic mass is 10.1. The molecule has 1 aliphatic heterocycles. The predicted molar refractivity (Wildman–Crippen MR) is 113 cm³/mol. The maximum Gasteiger partial charge on any atom is 0.416 e. The third-order valence-corrected chi connectivity index (χ3v) is 5.95. The van der Waals surface area contributed by atoms with Gasteiger partial charge in [0.2, 0.25) is 11.8 Å². The number of amides is 2. The molecule has 31 heavy (non-hydrogen) atoms. The molecule has 3 rings (SSSR count). The van der Waals surface area contributed by atoms with Crippen LogP contribution in [-0.2, 0) is 22.2 Å². The molecule has 0 unspecified atom stereocenters. The van der Waals surface area contributed by atoms with Crippen LogP contribution in [-0.4, -0.2) is 65.9 Å². The number of piperazine rings is 1. The second-order valence-corrected chi connectivity index (χ2v) is 8.26. The van der Waals surface area contributed by atoms with Gasteiger partial charge in [0.1, 0.15) is 5.01 Å². The van der Waals surface area contributed by atoms with E-state index in [0.717, 1.165) is 18.6 Å². The van der Waals surface area contributed by atoms with Crippen LogP contribution >= 0.6 is 11.3 Å². The first-order valence-corrected chi connectivity index (χ1v) is 11.0. The van der Waals surface area contributed by atoms with E-state index in [4.69, 9.17) is 0 Å². The van der Waals surface area contributed by atoms with Crippen LogP contribution in [0.4, 0.5) is 13.2 Å². The Morgan fingerprint density at radius 3 is 2.42 bits per heavy atom. The van der Waals surface area contributed by atoms with Crippen molar-refractivity contribution in [1.82, 2.24) is 20.1 Å². The quantitative estimate of drug-likeness (QED) is 0.699. The number of rotatable bonds is 7. The van der Waals surface area contributed by atoms with Crippen molar-refractivity contribution in [2.24, 2.45) is 0 Å². The highest BCUT2D eigenvalue weighted by molar-refractivity contribution is 7.13. The molecule has 2 aromatic rings. The SMILES string of the molecule is CCCNC(=O)CN1CCN(C(=O)Cc2csc(-c3ccc(C(F)(F)F)cc3)n2)CC1. The summed E-state index contributed by atoms with van der Waals surface area (Å²) in [5, 5.41) is 5.19. The summed E-state index contributed by atoms with van der Waals surface area (Å²) in [4.78, 5) is 32.6. The minimum Gasteiger partial charge on any atom is -0.355 e. The van der Waals surface area contributed by atoms with Gasteiger partial charge in [-0.25, -0.2) is 4.98 Å². The Balaban J connectivity index is 1.50. The molecule has 1 aliphatic rings. The number of alkyl halides is 3. The van der Waals surface area contributed by atoms with Crippen molar-refractivity contribution >= 4 is 23.2 Å². The molecule has 1 aromatic carbocycles. The van der Waals surface area contributed by atoms with Gasteiger partial charge in [0.05, 0.1) is 24.2 Å². The Bertz CT molecular complexity index is 891. The first-order valence-electron chi connectivity index (χ1n) is 10.1. The van der Waals surface area contributed by atoms with E-state index < -0.39 is 11.7 Å². The van der Waals surface area contributed by atoms with Crippen molar-refractivity contribution in [1.29, 1.82) is 0 Å². The molecule has 0 spiro atoms. The molecule has 1 fully saturated rings. The van der Waals surface area contributed by atoms with Crippen molar-refractivity contribution in [2.45, 2.75) is 25.9 Å². The maximum atomic E-state index is 12.7. The number of benzene rings is 1. The molecule has 10 heteroatoms. The molecular weight excluding hydrogens is 429 g/mol. The molecule has 0 aliphatic carbocycles. The van der Waals surface area contributed by atoms with Gasteiger partial charge in [-0.1, -0.05) is 19.1 Å². The standard InChI is InChI=1S/C21H25F3N4O2S/c1-2-7-25-18(29)13-27-8-10-28(11-9-27)19(30)12-17-14-31-20(26-17)15-3-5-16(6-4-15)21(22,23)24/h3-6,14H,2,7-13H2,1H3,(H,25,29). The largest absolute Gasteiger partial charge is 0.416 e. The second-order valence-electron chi connectivity index (χ2n) is 7.40. The van der Waals surface area contributed by atoms with Crippen molar-refractivity contribution in [3.05, 3.63) is 40.9 Å². The van der Waals surface area contributed by atoms with Crippen LogP contribution in [0, 0.1) is 0 Å². The van der Waals surface area contributed by atoms with Crippen LogP contribution < -0.4 is 5.32 Å². The average Bonchev–Trinajstić information content (AvgIpc) is 3.20. The highest BCUT2D eigenvalue weighted by atomic mass is 32.1. The topological polar surface area (TPSA) is 65.5 Å². The molecule has 2 amide bonds. The Morgan fingerprint density at radius 1 is 1.13 bits per heavy atom. The first-order chi connectivity index (χ1) is 14.8. The van der Waals surface area contributed by atoms with E-state index in [-0.39, 0.29) is 18.2 Å². The van der Waals surface area contributed by atoms with Gasteiger partial charge in [-0.05, 0) is 18.6 Å². The lowest BCUT2D eigenvalue weighted by molar-refractivity contribution is -0.137. The van der Waals surface area contributed by atoms with E-state index in [1.165, 1.54) is 23.5 Å². The van der Waals surface area contributed by atoms with Crippen LogP contribution in [0.1, 0.15) is 24.6 Å². The van der Waals surface area contributed by atoms with E-state index >= 15 is 0 Å². The predicted octanol–water partition coefficient (Wildman–Crippen LogP) is 3.04. The first kappa shape index (κ1) is 23.2. The zero-order valence-corrected chi connectivity index (χ0v) is 18.1. The number of halogens is 3. The number of hydrogen-bond donors (Lipinski definition) is 1. The zero-order valence-electron chi connectivity index (χ0n) is 17.2. The fourth-order valence-electron chi connectivity index (χ4n) is 3.27. The van der Waals surface area contributed by atoms with Gasteiger partial charge in [-0.3, -0.25) is 14.5 Å². The number of carbonyl (C=O) groups is 2. The van der Waals surface area contributed by atoms with Crippen molar-refractivity contribution in [2.75, 3.05) is 39.3 Å². The molecule has 1 aromatic heterocycles. The number of nitrogens with one attached hydrogen (secondary N) is 1. The van der Waals surface area contributed by atoms with E-state index in [2.05, 4.69) is 10.3 Å². The van der Waals surface area contributed by atoms with Gasteiger partial charge < -0.3 is 10.2 Å². The number of thiazole rings is 1. The monoisotopic (exact) mass is 454 g/mol. The summed E-state index contributed by atoms with van der Waals surface area (Å²) in [6.07, 6.45) is -3.33. The van der Waals surface area contributed by atoms with Crippen LogP contribution in [0.5, 0.6) is 0 Å². The lowest BCUT2D eigenvalue weighted by Crippen LogP contribution is -2.51. The average molecular weight is 455 g/mol. The molecule has 0 radical (unpaired) electrons. The molecule has 168 valence electrons. The minimum absolute atomic E-state index is 0.0000968. The highest BCUT2D eigenvalue weighted by Gasteiger charge is 2.30. The molecule has 6 nitrogen and oxygen atoms in total. The van der Waals surface area contributed by atoms with E-state index in [1.807, 2.05) is 11.8 Å². The summed E-state index contributed by atoms with van der Waals surface area (Å²) < 4.78 is 38.1. The summed E-state index contributed by atoms with van der Waals surface area (Å²) in [5.41, 5.74) is 0.489. The Hall–Kier alpha value is -2.46. The molecule has 0 bridgehead atoms. The molecule has 1 N–H and O–H groups in total. The lowest BCUT2D eigenvalue weighted by Gasteiger charge is -2.34. The van der Waals surface area contributed by atoms with Gasteiger partial charge in [-0.15, -0.1) is 11.3 Å². The summed E-state index contributed by atoms with van der Waals surface area (Å²) in [7, 11) is 0. The number of aromatic nitrogens is 1. The zero-order chi connectivity index (χ0) is 22.4. The Morgan fingerprint density at radius 2 is 1.81 bits per heavy atom.